The van der Waals surface area contributed by atoms with E-state index in [1.54, 1.807) is 7.11 Å². The van der Waals surface area contributed by atoms with Gasteiger partial charge in [-0.2, -0.15) is 0 Å². The number of ether oxygens (including phenoxy) is 3. The molecule has 1 aliphatic carbocycles. The summed E-state index contributed by atoms with van der Waals surface area (Å²) in [5, 5.41) is 0. The third kappa shape index (κ3) is 2.77. The van der Waals surface area contributed by atoms with Crippen molar-refractivity contribution < 1.29 is 14.2 Å². The van der Waals surface area contributed by atoms with Gasteiger partial charge >= 0.3 is 0 Å². The molecule has 1 aliphatic heterocycles. The van der Waals surface area contributed by atoms with Gasteiger partial charge in [-0.15, -0.1) is 0 Å². The maximum Gasteiger partial charge on any atom is 0.158 e. The molecule has 0 amide bonds. The van der Waals surface area contributed by atoms with Crippen molar-refractivity contribution in [3.63, 3.8) is 0 Å². The van der Waals surface area contributed by atoms with Crippen LogP contribution in [-0.4, -0.2) is 20.0 Å². The average Bonchev–Trinajstić information content (AvgIpc) is 2.48. The predicted octanol–water partition coefficient (Wildman–Crippen LogP) is 3.62. The van der Waals surface area contributed by atoms with Gasteiger partial charge in [-0.1, -0.05) is 12.1 Å². The highest BCUT2D eigenvalue weighted by atomic mass is 16.7. The summed E-state index contributed by atoms with van der Waals surface area (Å²) < 4.78 is 17.3. The third-order valence-electron chi connectivity index (χ3n) is 4.08. The maximum absolute atomic E-state index is 6.18. The minimum Gasteiger partial charge on any atom is -0.496 e. The summed E-state index contributed by atoms with van der Waals surface area (Å²) in [5.74, 6) is 0.996. The topological polar surface area (TPSA) is 27.7 Å². The number of fused-ring (bicyclic) bond motifs is 1. The van der Waals surface area contributed by atoms with Crippen LogP contribution < -0.4 is 4.74 Å². The van der Waals surface area contributed by atoms with Gasteiger partial charge in [-0.05, 0) is 55.7 Å². The van der Waals surface area contributed by atoms with Crippen molar-refractivity contribution in [3.8, 4) is 5.75 Å². The lowest BCUT2D eigenvalue weighted by molar-refractivity contribution is -0.192. The molecular formula is C16H22O3. The van der Waals surface area contributed by atoms with E-state index >= 15 is 0 Å². The molecule has 2 unspecified atom stereocenters. The Kier molecular flexibility index (Phi) is 4.04. The molecule has 3 heteroatoms. The lowest BCUT2D eigenvalue weighted by Gasteiger charge is -2.32. The molecule has 0 spiro atoms. The third-order valence-corrected chi connectivity index (χ3v) is 4.08. The largest absolute Gasteiger partial charge is 0.496 e. The van der Waals surface area contributed by atoms with Crippen molar-refractivity contribution in [1.82, 2.24) is 0 Å². The van der Waals surface area contributed by atoms with Crippen molar-refractivity contribution in [2.45, 2.75) is 50.9 Å². The minimum absolute atomic E-state index is 0.0177. The summed E-state index contributed by atoms with van der Waals surface area (Å²) in [6.07, 6.45) is 6.88. The van der Waals surface area contributed by atoms with Gasteiger partial charge in [-0.3, -0.25) is 0 Å². The first kappa shape index (κ1) is 12.9. The molecular weight excluding hydrogens is 240 g/mol. The fourth-order valence-corrected chi connectivity index (χ4v) is 3.11. The zero-order chi connectivity index (χ0) is 13.1. The Morgan fingerprint density at radius 3 is 2.89 bits per heavy atom. The Labute approximate surface area is 114 Å². The number of methoxy groups -OCH3 is 1. The molecule has 19 heavy (non-hydrogen) atoms. The Morgan fingerprint density at radius 2 is 2.11 bits per heavy atom. The summed E-state index contributed by atoms with van der Waals surface area (Å²) in [6, 6.07) is 6.27. The summed E-state index contributed by atoms with van der Waals surface area (Å²) in [7, 11) is 1.74. The van der Waals surface area contributed by atoms with Gasteiger partial charge in [0.1, 0.15) is 5.75 Å². The zero-order valence-corrected chi connectivity index (χ0v) is 11.6. The number of benzene rings is 1. The quantitative estimate of drug-likeness (QED) is 0.832. The first-order valence-corrected chi connectivity index (χ1v) is 7.31. The molecule has 3 rings (SSSR count). The van der Waals surface area contributed by atoms with E-state index < -0.39 is 0 Å². The molecule has 0 aromatic heterocycles. The van der Waals surface area contributed by atoms with Crippen LogP contribution in [0.1, 0.15) is 49.3 Å². The molecule has 1 aromatic rings. The Morgan fingerprint density at radius 1 is 1.16 bits per heavy atom. The molecule has 3 nitrogen and oxygen atoms in total. The standard InChI is InChI=1S/C16H22O3/c1-17-14-8-4-7-13-12(14)6-5-9-15(13)19-16-10-2-3-11-18-16/h4,7-8,15-16H,2-3,5-6,9-11H2,1H3. The molecule has 0 N–H and O–H groups in total. The van der Waals surface area contributed by atoms with E-state index in [-0.39, 0.29) is 12.4 Å². The summed E-state index contributed by atoms with van der Waals surface area (Å²) in [5.41, 5.74) is 2.61. The number of rotatable bonds is 3. The molecule has 0 saturated carbocycles. The fourth-order valence-electron chi connectivity index (χ4n) is 3.11. The molecule has 104 valence electrons. The Bertz CT molecular complexity index is 424. The van der Waals surface area contributed by atoms with Crippen LogP contribution in [0, 0.1) is 0 Å². The van der Waals surface area contributed by atoms with Gasteiger partial charge < -0.3 is 14.2 Å². The van der Waals surface area contributed by atoms with Crippen LogP contribution in [0.2, 0.25) is 0 Å². The number of hydrogen-bond acceptors (Lipinski definition) is 3. The SMILES string of the molecule is COc1cccc2c1CCCC2OC1CCCCO1. The van der Waals surface area contributed by atoms with Crippen LogP contribution in [0.15, 0.2) is 18.2 Å². The van der Waals surface area contributed by atoms with Crippen LogP contribution >= 0.6 is 0 Å². The second-order valence-electron chi connectivity index (χ2n) is 5.34. The van der Waals surface area contributed by atoms with Gasteiger partial charge in [0, 0.05) is 6.61 Å². The molecule has 1 saturated heterocycles. The first-order chi connectivity index (χ1) is 9.38. The summed E-state index contributed by atoms with van der Waals surface area (Å²) in [6.45, 7) is 0.836. The van der Waals surface area contributed by atoms with E-state index in [0.29, 0.717) is 0 Å². The Hall–Kier alpha value is -1.06. The van der Waals surface area contributed by atoms with E-state index in [2.05, 4.69) is 12.1 Å². The van der Waals surface area contributed by atoms with E-state index in [9.17, 15) is 0 Å². The van der Waals surface area contributed by atoms with Crippen LogP contribution in [0.25, 0.3) is 0 Å². The van der Waals surface area contributed by atoms with Crippen LogP contribution in [0.4, 0.5) is 0 Å². The molecule has 0 radical (unpaired) electrons. The molecule has 1 aromatic carbocycles. The molecule has 2 atom stereocenters. The van der Waals surface area contributed by atoms with E-state index in [1.165, 1.54) is 17.5 Å². The molecule has 0 bridgehead atoms. The summed E-state index contributed by atoms with van der Waals surface area (Å²) >= 11 is 0. The average molecular weight is 262 g/mol. The van der Waals surface area contributed by atoms with Crippen LogP contribution in [0.5, 0.6) is 5.75 Å². The second-order valence-corrected chi connectivity index (χ2v) is 5.34. The highest BCUT2D eigenvalue weighted by molar-refractivity contribution is 5.42. The second kappa shape index (κ2) is 5.93. The minimum atomic E-state index is -0.0177. The van der Waals surface area contributed by atoms with E-state index in [4.69, 9.17) is 14.2 Å². The lowest BCUT2D eigenvalue weighted by atomic mass is 9.88. The van der Waals surface area contributed by atoms with Gasteiger partial charge in [0.15, 0.2) is 6.29 Å². The van der Waals surface area contributed by atoms with Gasteiger partial charge in [0.05, 0.1) is 13.2 Å². The molecule has 1 heterocycles. The van der Waals surface area contributed by atoms with Gasteiger partial charge in [0.25, 0.3) is 0 Å². The summed E-state index contributed by atoms with van der Waals surface area (Å²) in [4.78, 5) is 0. The lowest BCUT2D eigenvalue weighted by Crippen LogP contribution is -2.26. The Balaban J connectivity index is 1.78. The van der Waals surface area contributed by atoms with E-state index in [1.807, 2.05) is 6.07 Å². The zero-order valence-electron chi connectivity index (χ0n) is 11.6. The first-order valence-electron chi connectivity index (χ1n) is 7.31. The van der Waals surface area contributed by atoms with Crippen LogP contribution in [-0.2, 0) is 15.9 Å². The van der Waals surface area contributed by atoms with Gasteiger partial charge in [-0.25, -0.2) is 0 Å². The maximum atomic E-state index is 6.18. The van der Waals surface area contributed by atoms with Crippen molar-refractivity contribution in [2.75, 3.05) is 13.7 Å². The predicted molar refractivity (Wildman–Crippen MR) is 73.3 cm³/mol. The van der Waals surface area contributed by atoms with Crippen LogP contribution in [0.3, 0.4) is 0 Å². The molecule has 1 fully saturated rings. The monoisotopic (exact) mass is 262 g/mol. The normalized spacial score (nSPS) is 26.8. The van der Waals surface area contributed by atoms with Crippen molar-refractivity contribution in [1.29, 1.82) is 0 Å². The smallest absolute Gasteiger partial charge is 0.158 e. The van der Waals surface area contributed by atoms with Crippen molar-refractivity contribution >= 4 is 0 Å². The highest BCUT2D eigenvalue weighted by Crippen LogP contribution is 2.38. The molecule has 2 aliphatic rings. The number of hydrogen-bond donors (Lipinski definition) is 0. The van der Waals surface area contributed by atoms with Gasteiger partial charge in [0.2, 0.25) is 0 Å². The van der Waals surface area contributed by atoms with E-state index in [0.717, 1.165) is 44.5 Å². The van der Waals surface area contributed by atoms with Crippen molar-refractivity contribution in [2.24, 2.45) is 0 Å². The fraction of sp³-hybridized carbons (Fsp3) is 0.625. The highest BCUT2D eigenvalue weighted by Gasteiger charge is 2.27. The van der Waals surface area contributed by atoms with Crippen molar-refractivity contribution in [3.05, 3.63) is 29.3 Å².